The van der Waals surface area contributed by atoms with Crippen molar-refractivity contribution in [3.63, 3.8) is 0 Å². The molecule has 17 heavy (non-hydrogen) atoms. The molecule has 0 amide bonds. The first kappa shape index (κ1) is 14.4. The number of carbonyl (C=O) groups excluding carboxylic acids is 1. The summed E-state index contributed by atoms with van der Waals surface area (Å²) in [5.41, 5.74) is 0.808. The molecule has 0 saturated heterocycles. The molecule has 0 radical (unpaired) electrons. The number of carbonyl (C=O) groups is 1. The lowest BCUT2D eigenvalue weighted by Crippen LogP contribution is -2.13. The van der Waals surface area contributed by atoms with Crippen molar-refractivity contribution in [3.05, 3.63) is 35.9 Å². The minimum atomic E-state index is -0.0217. The van der Waals surface area contributed by atoms with Crippen molar-refractivity contribution in [2.45, 2.75) is 50.3 Å². The molecule has 1 rings (SSSR count). The van der Waals surface area contributed by atoms with Gasteiger partial charge in [0.05, 0.1) is 4.83 Å². The largest absolute Gasteiger partial charge is 0.293 e. The molecule has 0 spiro atoms. The highest BCUT2D eigenvalue weighted by molar-refractivity contribution is 9.10. The van der Waals surface area contributed by atoms with Gasteiger partial charge in [-0.1, -0.05) is 85.3 Å². The van der Waals surface area contributed by atoms with Crippen molar-refractivity contribution in [1.82, 2.24) is 0 Å². The van der Waals surface area contributed by atoms with E-state index in [1.54, 1.807) is 0 Å². The zero-order chi connectivity index (χ0) is 12.5. The Kier molecular flexibility index (Phi) is 7.18. The van der Waals surface area contributed by atoms with Crippen LogP contribution in [0.2, 0.25) is 0 Å². The fourth-order valence-corrected chi connectivity index (χ4v) is 2.43. The molecule has 0 N–H and O–H groups in total. The van der Waals surface area contributed by atoms with Crippen LogP contribution in [-0.4, -0.2) is 10.6 Å². The van der Waals surface area contributed by atoms with Gasteiger partial charge in [0.15, 0.2) is 5.78 Å². The average molecular weight is 297 g/mol. The van der Waals surface area contributed by atoms with Gasteiger partial charge in [0.25, 0.3) is 0 Å². The molecule has 1 nitrogen and oxygen atoms in total. The predicted molar refractivity (Wildman–Crippen MR) is 76.9 cm³/mol. The number of alkyl halides is 1. The van der Waals surface area contributed by atoms with Crippen LogP contribution in [0.3, 0.4) is 0 Å². The highest BCUT2D eigenvalue weighted by Gasteiger charge is 2.15. The van der Waals surface area contributed by atoms with Crippen LogP contribution in [0.1, 0.15) is 55.8 Å². The number of unbranched alkanes of at least 4 members (excludes halogenated alkanes) is 4. The Morgan fingerprint density at radius 3 is 2.41 bits per heavy atom. The SMILES string of the molecule is CCCCCCCC(Br)C(=O)c1ccccc1. The summed E-state index contributed by atoms with van der Waals surface area (Å²) in [7, 11) is 0. The Morgan fingerprint density at radius 1 is 1.12 bits per heavy atom. The van der Waals surface area contributed by atoms with Crippen LogP contribution in [0, 0.1) is 0 Å². The Labute approximate surface area is 113 Å². The number of hydrogen-bond acceptors (Lipinski definition) is 1. The predicted octanol–water partition coefficient (Wildman–Crippen LogP) is 4.99. The summed E-state index contributed by atoms with van der Waals surface area (Å²) in [6.45, 7) is 2.21. The van der Waals surface area contributed by atoms with E-state index in [0.29, 0.717) is 0 Å². The molecule has 1 aromatic rings. The molecule has 0 aliphatic heterocycles. The van der Waals surface area contributed by atoms with Crippen LogP contribution < -0.4 is 0 Å². The van der Waals surface area contributed by atoms with Crippen LogP contribution in [-0.2, 0) is 0 Å². The second-order valence-electron chi connectivity index (χ2n) is 4.40. The van der Waals surface area contributed by atoms with Crippen molar-refractivity contribution in [1.29, 1.82) is 0 Å². The molecule has 0 saturated carbocycles. The molecule has 0 fully saturated rings. The van der Waals surface area contributed by atoms with E-state index >= 15 is 0 Å². The van der Waals surface area contributed by atoms with Gasteiger partial charge in [0, 0.05) is 5.56 Å². The molecule has 2 heteroatoms. The van der Waals surface area contributed by atoms with Crippen molar-refractivity contribution in [2.24, 2.45) is 0 Å². The van der Waals surface area contributed by atoms with Gasteiger partial charge in [-0.25, -0.2) is 0 Å². The maximum atomic E-state index is 12.0. The maximum absolute atomic E-state index is 12.0. The maximum Gasteiger partial charge on any atom is 0.176 e. The van der Waals surface area contributed by atoms with Gasteiger partial charge in [-0.05, 0) is 6.42 Å². The summed E-state index contributed by atoms with van der Waals surface area (Å²) in [6, 6.07) is 9.52. The van der Waals surface area contributed by atoms with Crippen LogP contribution in [0.5, 0.6) is 0 Å². The van der Waals surface area contributed by atoms with E-state index in [0.717, 1.165) is 18.4 Å². The standard InChI is InChI=1S/C15H21BrO/c1-2-3-4-5-9-12-14(16)15(17)13-10-7-6-8-11-13/h6-8,10-11,14H,2-5,9,12H2,1H3. The van der Waals surface area contributed by atoms with Crippen molar-refractivity contribution in [3.8, 4) is 0 Å². The third-order valence-electron chi connectivity index (χ3n) is 2.90. The highest BCUT2D eigenvalue weighted by Crippen LogP contribution is 2.17. The molecule has 1 aromatic carbocycles. The molecular weight excluding hydrogens is 276 g/mol. The summed E-state index contributed by atoms with van der Waals surface area (Å²) in [5, 5.41) is 0. The smallest absolute Gasteiger partial charge is 0.176 e. The van der Waals surface area contributed by atoms with Gasteiger partial charge in [-0.3, -0.25) is 4.79 Å². The van der Waals surface area contributed by atoms with Crippen LogP contribution in [0.15, 0.2) is 30.3 Å². The molecule has 1 atom stereocenters. The lowest BCUT2D eigenvalue weighted by molar-refractivity contribution is 0.0988. The molecule has 0 heterocycles. The van der Waals surface area contributed by atoms with Crippen LogP contribution in [0.4, 0.5) is 0 Å². The zero-order valence-electron chi connectivity index (χ0n) is 10.5. The Morgan fingerprint density at radius 2 is 1.76 bits per heavy atom. The summed E-state index contributed by atoms with van der Waals surface area (Å²) in [6.07, 6.45) is 7.17. The average Bonchev–Trinajstić information content (AvgIpc) is 2.38. The van der Waals surface area contributed by atoms with Gasteiger partial charge in [0.1, 0.15) is 0 Å². The summed E-state index contributed by atoms with van der Waals surface area (Å²) in [4.78, 5) is 12.0. The van der Waals surface area contributed by atoms with Gasteiger partial charge in [0.2, 0.25) is 0 Å². The van der Waals surface area contributed by atoms with E-state index < -0.39 is 0 Å². The lowest BCUT2D eigenvalue weighted by atomic mass is 10.0. The quantitative estimate of drug-likeness (QED) is 0.375. The normalized spacial score (nSPS) is 12.4. The molecule has 0 aromatic heterocycles. The summed E-state index contributed by atoms with van der Waals surface area (Å²) >= 11 is 3.50. The zero-order valence-corrected chi connectivity index (χ0v) is 12.1. The summed E-state index contributed by atoms with van der Waals surface area (Å²) < 4.78 is 0. The van der Waals surface area contributed by atoms with E-state index in [9.17, 15) is 4.79 Å². The molecule has 0 bridgehead atoms. The Hall–Kier alpha value is -0.630. The van der Waals surface area contributed by atoms with E-state index in [1.807, 2.05) is 30.3 Å². The van der Waals surface area contributed by atoms with Gasteiger partial charge in [-0.2, -0.15) is 0 Å². The molecule has 0 aliphatic carbocycles. The number of Topliss-reactive ketones (excluding diaryl/α,β-unsaturated/α-hetero) is 1. The molecular formula is C15H21BrO. The summed E-state index contributed by atoms with van der Waals surface area (Å²) in [5.74, 6) is 0.209. The van der Waals surface area contributed by atoms with E-state index in [1.165, 1.54) is 25.7 Å². The topological polar surface area (TPSA) is 17.1 Å². The van der Waals surface area contributed by atoms with Crippen molar-refractivity contribution in [2.75, 3.05) is 0 Å². The second kappa shape index (κ2) is 8.46. The van der Waals surface area contributed by atoms with E-state index in [-0.39, 0.29) is 10.6 Å². The minimum absolute atomic E-state index is 0.0217. The molecule has 94 valence electrons. The third-order valence-corrected chi connectivity index (χ3v) is 3.78. The number of halogens is 1. The number of benzene rings is 1. The van der Waals surface area contributed by atoms with Gasteiger partial charge >= 0.3 is 0 Å². The first-order valence-corrected chi connectivity index (χ1v) is 7.40. The fraction of sp³-hybridized carbons (Fsp3) is 0.533. The number of hydrogen-bond donors (Lipinski definition) is 0. The van der Waals surface area contributed by atoms with Crippen molar-refractivity contribution >= 4 is 21.7 Å². The number of ketones is 1. The Bertz CT molecular complexity index is 321. The molecule has 0 aliphatic rings. The lowest BCUT2D eigenvalue weighted by Gasteiger charge is -2.08. The second-order valence-corrected chi connectivity index (χ2v) is 5.51. The van der Waals surface area contributed by atoms with Crippen LogP contribution >= 0.6 is 15.9 Å². The Balaban J connectivity index is 2.28. The molecule has 1 unspecified atom stereocenters. The third kappa shape index (κ3) is 5.49. The number of rotatable bonds is 8. The highest BCUT2D eigenvalue weighted by atomic mass is 79.9. The first-order valence-electron chi connectivity index (χ1n) is 6.49. The van der Waals surface area contributed by atoms with Gasteiger partial charge < -0.3 is 0 Å². The fourth-order valence-electron chi connectivity index (χ4n) is 1.84. The van der Waals surface area contributed by atoms with E-state index in [2.05, 4.69) is 22.9 Å². The van der Waals surface area contributed by atoms with Gasteiger partial charge in [-0.15, -0.1) is 0 Å². The van der Waals surface area contributed by atoms with Crippen LogP contribution in [0.25, 0.3) is 0 Å². The first-order chi connectivity index (χ1) is 8.25. The minimum Gasteiger partial charge on any atom is -0.293 e. The van der Waals surface area contributed by atoms with E-state index in [4.69, 9.17) is 0 Å². The monoisotopic (exact) mass is 296 g/mol. The van der Waals surface area contributed by atoms with Crippen molar-refractivity contribution < 1.29 is 4.79 Å².